The number of carbonyl (C=O) groups is 1. The van der Waals surface area contributed by atoms with Crippen LogP contribution in [0.15, 0.2) is 35.8 Å². The van der Waals surface area contributed by atoms with E-state index in [-0.39, 0.29) is 11.8 Å². The molecule has 1 saturated heterocycles. The first-order chi connectivity index (χ1) is 13.6. The second kappa shape index (κ2) is 8.32. The van der Waals surface area contributed by atoms with Gasteiger partial charge in [0.25, 0.3) is 5.91 Å². The van der Waals surface area contributed by atoms with Gasteiger partial charge in [-0.25, -0.2) is 4.98 Å². The molecular weight excluding hydrogens is 396 g/mol. The number of likely N-dealkylation sites (tertiary alicyclic amines) is 1. The molecule has 1 aliphatic rings. The Morgan fingerprint density at radius 2 is 2.32 bits per heavy atom. The maximum atomic E-state index is 12.7. The van der Waals surface area contributed by atoms with Crippen LogP contribution in [-0.2, 0) is 6.42 Å². The Morgan fingerprint density at radius 1 is 1.43 bits per heavy atom. The van der Waals surface area contributed by atoms with E-state index >= 15 is 0 Å². The van der Waals surface area contributed by atoms with Crippen molar-refractivity contribution in [1.29, 1.82) is 0 Å². The Hall–Kier alpha value is -2.38. The lowest BCUT2D eigenvalue weighted by Gasteiger charge is -2.15. The highest BCUT2D eigenvalue weighted by Crippen LogP contribution is 2.28. The molecule has 1 amide bonds. The standard InChI is InChI=1S/C20H21ClN4O2S/c1-13-19(28-12-22-13)20(26)25-7-5-14(11-25)18-10-16(23-24-18)6-8-27-17-4-2-3-15(21)9-17/h2-4,9-10,12,14H,5-8,11H2,1H3,(H,23,24)/t14-/m0/s1. The van der Waals surface area contributed by atoms with E-state index in [4.69, 9.17) is 16.3 Å². The Labute approximate surface area is 172 Å². The number of rotatable bonds is 6. The molecule has 146 valence electrons. The molecule has 0 saturated carbocycles. The van der Waals surface area contributed by atoms with E-state index < -0.39 is 0 Å². The van der Waals surface area contributed by atoms with Crippen molar-refractivity contribution in [1.82, 2.24) is 20.1 Å². The van der Waals surface area contributed by atoms with Crippen LogP contribution in [0.25, 0.3) is 0 Å². The van der Waals surface area contributed by atoms with Gasteiger partial charge in [-0.15, -0.1) is 11.3 Å². The van der Waals surface area contributed by atoms with Crippen LogP contribution in [0, 0.1) is 6.92 Å². The van der Waals surface area contributed by atoms with Crippen molar-refractivity contribution in [2.24, 2.45) is 0 Å². The van der Waals surface area contributed by atoms with Gasteiger partial charge in [0, 0.05) is 36.1 Å². The molecule has 6 nitrogen and oxygen atoms in total. The van der Waals surface area contributed by atoms with Gasteiger partial charge in [-0.05, 0) is 37.6 Å². The molecule has 1 N–H and O–H groups in total. The summed E-state index contributed by atoms with van der Waals surface area (Å²) in [6.45, 7) is 3.87. The topological polar surface area (TPSA) is 71.1 Å². The molecule has 1 atom stereocenters. The summed E-state index contributed by atoms with van der Waals surface area (Å²) in [6.07, 6.45) is 1.65. The third-order valence-corrected chi connectivity index (χ3v) is 6.07. The number of nitrogens with one attached hydrogen (secondary N) is 1. The van der Waals surface area contributed by atoms with Gasteiger partial charge in [0.15, 0.2) is 0 Å². The number of thiazole rings is 1. The molecule has 3 heterocycles. The third kappa shape index (κ3) is 4.20. The molecule has 4 rings (SSSR count). The fraction of sp³-hybridized carbons (Fsp3) is 0.350. The zero-order chi connectivity index (χ0) is 19.5. The second-order valence-electron chi connectivity index (χ2n) is 6.88. The average molecular weight is 417 g/mol. The number of ether oxygens (including phenoxy) is 1. The Bertz CT molecular complexity index is 971. The largest absolute Gasteiger partial charge is 0.493 e. The van der Waals surface area contributed by atoms with Crippen LogP contribution in [0.2, 0.25) is 5.02 Å². The van der Waals surface area contributed by atoms with Crippen molar-refractivity contribution < 1.29 is 9.53 Å². The van der Waals surface area contributed by atoms with Gasteiger partial charge in [0.1, 0.15) is 10.6 Å². The summed E-state index contributed by atoms with van der Waals surface area (Å²) in [6, 6.07) is 9.46. The van der Waals surface area contributed by atoms with Gasteiger partial charge in [0.2, 0.25) is 0 Å². The Morgan fingerprint density at radius 3 is 3.11 bits per heavy atom. The Balaban J connectivity index is 1.31. The van der Waals surface area contributed by atoms with Crippen LogP contribution in [0.4, 0.5) is 0 Å². The van der Waals surface area contributed by atoms with Crippen molar-refractivity contribution in [3.63, 3.8) is 0 Å². The van der Waals surface area contributed by atoms with Crippen molar-refractivity contribution in [2.45, 2.75) is 25.7 Å². The van der Waals surface area contributed by atoms with E-state index in [0.29, 0.717) is 18.2 Å². The summed E-state index contributed by atoms with van der Waals surface area (Å²) >= 11 is 7.37. The number of aromatic nitrogens is 3. The van der Waals surface area contributed by atoms with Gasteiger partial charge >= 0.3 is 0 Å². The van der Waals surface area contributed by atoms with Crippen LogP contribution in [0.1, 0.15) is 39.1 Å². The lowest BCUT2D eigenvalue weighted by Crippen LogP contribution is -2.28. The van der Waals surface area contributed by atoms with E-state index in [1.54, 1.807) is 11.6 Å². The fourth-order valence-corrected chi connectivity index (χ4v) is 4.34. The number of aryl methyl sites for hydroxylation is 1. The maximum absolute atomic E-state index is 12.7. The number of hydrogen-bond donors (Lipinski definition) is 1. The summed E-state index contributed by atoms with van der Waals surface area (Å²) in [4.78, 5) is 19.5. The molecule has 0 spiro atoms. The number of carbonyl (C=O) groups excluding carboxylic acids is 1. The van der Waals surface area contributed by atoms with E-state index in [1.807, 2.05) is 30.0 Å². The molecule has 0 radical (unpaired) electrons. The van der Waals surface area contributed by atoms with Crippen molar-refractivity contribution in [3.8, 4) is 5.75 Å². The van der Waals surface area contributed by atoms with Gasteiger partial charge in [-0.3, -0.25) is 9.89 Å². The summed E-state index contributed by atoms with van der Waals surface area (Å²) in [5.74, 6) is 1.10. The molecule has 1 aromatic carbocycles. The third-order valence-electron chi connectivity index (χ3n) is 4.92. The molecule has 1 aliphatic heterocycles. The SMILES string of the molecule is Cc1ncsc1C(=O)N1CC[C@H](c2cc(CCOc3cccc(Cl)c3)[nH]n2)C1. The molecule has 8 heteroatoms. The smallest absolute Gasteiger partial charge is 0.265 e. The van der Waals surface area contributed by atoms with Crippen molar-refractivity contribution in [2.75, 3.05) is 19.7 Å². The molecular formula is C20H21ClN4O2S. The molecule has 3 aromatic rings. The highest BCUT2D eigenvalue weighted by Gasteiger charge is 2.30. The first kappa shape index (κ1) is 19.0. The molecule has 2 aromatic heterocycles. The van der Waals surface area contributed by atoms with Gasteiger partial charge in [0.05, 0.1) is 23.5 Å². The van der Waals surface area contributed by atoms with E-state index in [2.05, 4.69) is 21.2 Å². The van der Waals surface area contributed by atoms with E-state index in [1.165, 1.54) is 11.3 Å². The van der Waals surface area contributed by atoms with Gasteiger partial charge < -0.3 is 9.64 Å². The molecule has 1 fully saturated rings. The van der Waals surface area contributed by atoms with Crippen LogP contribution in [0.5, 0.6) is 5.75 Å². The van der Waals surface area contributed by atoms with E-state index in [9.17, 15) is 4.79 Å². The summed E-state index contributed by atoms with van der Waals surface area (Å²) < 4.78 is 5.74. The normalized spacial score (nSPS) is 16.5. The number of nitrogens with zero attached hydrogens (tertiary/aromatic N) is 3. The summed E-state index contributed by atoms with van der Waals surface area (Å²) in [7, 11) is 0. The summed E-state index contributed by atoms with van der Waals surface area (Å²) in [5.41, 5.74) is 4.57. The fourth-order valence-electron chi connectivity index (χ4n) is 3.39. The lowest BCUT2D eigenvalue weighted by atomic mass is 10.0. The number of amides is 1. The molecule has 0 unspecified atom stereocenters. The van der Waals surface area contributed by atoms with Crippen LogP contribution >= 0.6 is 22.9 Å². The summed E-state index contributed by atoms with van der Waals surface area (Å²) in [5, 5.41) is 8.22. The van der Waals surface area contributed by atoms with Gasteiger partial charge in [-0.1, -0.05) is 17.7 Å². The minimum atomic E-state index is 0.0770. The first-order valence-electron chi connectivity index (χ1n) is 9.22. The maximum Gasteiger partial charge on any atom is 0.265 e. The predicted molar refractivity (Wildman–Crippen MR) is 109 cm³/mol. The number of benzene rings is 1. The van der Waals surface area contributed by atoms with Crippen LogP contribution in [-0.4, -0.2) is 45.7 Å². The Kier molecular flexibility index (Phi) is 5.64. The highest BCUT2D eigenvalue weighted by molar-refractivity contribution is 7.11. The van der Waals surface area contributed by atoms with Crippen LogP contribution in [0.3, 0.4) is 0 Å². The zero-order valence-electron chi connectivity index (χ0n) is 15.5. The first-order valence-corrected chi connectivity index (χ1v) is 10.5. The number of hydrogen-bond acceptors (Lipinski definition) is 5. The lowest BCUT2D eigenvalue weighted by molar-refractivity contribution is 0.0794. The number of H-pyrrole nitrogens is 1. The minimum absolute atomic E-state index is 0.0770. The molecule has 0 bridgehead atoms. The molecule has 28 heavy (non-hydrogen) atoms. The van der Waals surface area contributed by atoms with Crippen molar-refractivity contribution in [3.05, 3.63) is 62.8 Å². The monoisotopic (exact) mass is 416 g/mol. The average Bonchev–Trinajstić information content (AvgIpc) is 3.41. The minimum Gasteiger partial charge on any atom is -0.493 e. The molecule has 0 aliphatic carbocycles. The van der Waals surface area contributed by atoms with E-state index in [0.717, 1.165) is 47.1 Å². The van der Waals surface area contributed by atoms with Crippen molar-refractivity contribution >= 4 is 28.8 Å². The predicted octanol–water partition coefficient (Wildman–Crippen LogP) is 4.08. The van der Waals surface area contributed by atoms with Gasteiger partial charge in [-0.2, -0.15) is 5.10 Å². The number of aromatic amines is 1. The van der Waals surface area contributed by atoms with Crippen LogP contribution < -0.4 is 4.74 Å². The highest BCUT2D eigenvalue weighted by atomic mass is 35.5. The zero-order valence-corrected chi connectivity index (χ0v) is 17.1. The quantitative estimate of drug-likeness (QED) is 0.657. The second-order valence-corrected chi connectivity index (χ2v) is 8.17. The number of halogens is 1.